The van der Waals surface area contributed by atoms with Crippen LogP contribution in [0, 0.1) is 19.8 Å². The van der Waals surface area contributed by atoms with Crippen molar-refractivity contribution in [1.29, 1.82) is 0 Å². The molecule has 1 amide bonds. The fourth-order valence-electron chi connectivity index (χ4n) is 3.84. The number of aromatic nitrogens is 3. The third-order valence-electron chi connectivity index (χ3n) is 5.38. The normalized spacial score (nSPS) is 16.0. The number of para-hydroxylation sites is 1. The lowest BCUT2D eigenvalue weighted by atomic mass is 9.93. The summed E-state index contributed by atoms with van der Waals surface area (Å²) in [6.07, 6.45) is 0.968. The van der Waals surface area contributed by atoms with Gasteiger partial charge >= 0.3 is 0 Å². The maximum absolute atomic E-state index is 12.7. The Morgan fingerprint density at radius 1 is 1.14 bits per heavy atom. The Hall–Kier alpha value is -3.15. The predicted molar refractivity (Wildman–Crippen MR) is 110 cm³/mol. The second kappa shape index (κ2) is 7.46. The van der Waals surface area contributed by atoms with Crippen LogP contribution in [0.1, 0.15) is 27.3 Å². The van der Waals surface area contributed by atoms with E-state index in [2.05, 4.69) is 51.8 Å². The highest BCUT2D eigenvalue weighted by Gasteiger charge is 2.23. The third-order valence-corrected chi connectivity index (χ3v) is 5.38. The van der Waals surface area contributed by atoms with Crippen LogP contribution in [0.25, 0.3) is 5.69 Å². The lowest BCUT2D eigenvalue weighted by Gasteiger charge is -2.33. The Morgan fingerprint density at radius 3 is 2.68 bits per heavy atom. The quantitative estimate of drug-likeness (QED) is 0.762. The molecule has 0 bridgehead atoms. The van der Waals surface area contributed by atoms with Crippen molar-refractivity contribution >= 4 is 11.6 Å². The lowest BCUT2D eigenvalue weighted by molar-refractivity contribution is 0.0941. The monoisotopic (exact) mass is 375 g/mol. The van der Waals surface area contributed by atoms with Crippen molar-refractivity contribution in [3.8, 4) is 5.69 Å². The summed E-state index contributed by atoms with van der Waals surface area (Å²) in [5.74, 6) is 0.202. The molecule has 1 aromatic heterocycles. The lowest BCUT2D eigenvalue weighted by Crippen LogP contribution is -2.39. The third kappa shape index (κ3) is 3.50. The summed E-state index contributed by atoms with van der Waals surface area (Å²) in [7, 11) is 2.10. The van der Waals surface area contributed by atoms with E-state index in [1.807, 2.05) is 38.1 Å². The summed E-state index contributed by atoms with van der Waals surface area (Å²) < 4.78 is 1.71. The molecule has 144 valence electrons. The second-order valence-electron chi connectivity index (χ2n) is 7.56. The predicted octanol–water partition coefficient (Wildman–Crippen LogP) is 2.92. The van der Waals surface area contributed by atoms with E-state index in [-0.39, 0.29) is 5.91 Å². The van der Waals surface area contributed by atoms with Crippen molar-refractivity contribution < 1.29 is 4.79 Å². The number of carbonyl (C=O) groups excluding carboxylic acids is 1. The zero-order valence-corrected chi connectivity index (χ0v) is 16.5. The number of amides is 1. The molecule has 0 aliphatic carbocycles. The first-order chi connectivity index (χ1) is 13.5. The molecule has 1 aliphatic rings. The van der Waals surface area contributed by atoms with Crippen LogP contribution in [0.4, 0.5) is 5.69 Å². The summed E-state index contributed by atoms with van der Waals surface area (Å²) in [5, 5.41) is 11.3. The smallest absolute Gasteiger partial charge is 0.273 e. The Kier molecular flexibility index (Phi) is 4.86. The first-order valence-electron chi connectivity index (χ1n) is 9.59. The van der Waals surface area contributed by atoms with Gasteiger partial charge in [0.25, 0.3) is 5.91 Å². The number of nitrogens with zero attached hydrogens (tertiary/aromatic N) is 4. The molecule has 3 aromatic rings. The van der Waals surface area contributed by atoms with Crippen LogP contribution < -0.4 is 10.2 Å². The van der Waals surface area contributed by atoms with Gasteiger partial charge in [0.05, 0.1) is 11.4 Å². The second-order valence-corrected chi connectivity index (χ2v) is 7.56. The number of hydrogen-bond donors (Lipinski definition) is 1. The van der Waals surface area contributed by atoms with Gasteiger partial charge in [-0.2, -0.15) is 0 Å². The molecule has 0 fully saturated rings. The number of rotatable bonds is 4. The van der Waals surface area contributed by atoms with Gasteiger partial charge in [0.15, 0.2) is 5.69 Å². The topological polar surface area (TPSA) is 63.1 Å². The summed E-state index contributed by atoms with van der Waals surface area (Å²) in [6, 6.07) is 16.5. The van der Waals surface area contributed by atoms with E-state index in [1.165, 1.54) is 16.8 Å². The minimum atomic E-state index is -0.169. The number of carbonyl (C=O) groups is 1. The van der Waals surface area contributed by atoms with E-state index in [1.54, 1.807) is 4.68 Å². The fourth-order valence-corrected chi connectivity index (χ4v) is 3.84. The Labute approximate surface area is 165 Å². The number of nitrogens with one attached hydrogen (secondary N) is 1. The van der Waals surface area contributed by atoms with Crippen molar-refractivity contribution in [3.63, 3.8) is 0 Å². The average Bonchev–Trinajstić information content (AvgIpc) is 3.08. The number of fused-ring (bicyclic) bond motifs is 1. The summed E-state index contributed by atoms with van der Waals surface area (Å²) in [5.41, 5.74) is 5.82. The van der Waals surface area contributed by atoms with E-state index in [9.17, 15) is 4.79 Å². The van der Waals surface area contributed by atoms with E-state index in [0.717, 1.165) is 24.3 Å². The van der Waals surface area contributed by atoms with Crippen molar-refractivity contribution in [3.05, 3.63) is 71.0 Å². The van der Waals surface area contributed by atoms with Crippen LogP contribution in [0.15, 0.2) is 48.5 Å². The minimum absolute atomic E-state index is 0.169. The van der Waals surface area contributed by atoms with Gasteiger partial charge in [-0.25, -0.2) is 4.68 Å². The Balaban J connectivity index is 1.43. The van der Waals surface area contributed by atoms with Crippen molar-refractivity contribution in [1.82, 2.24) is 20.3 Å². The summed E-state index contributed by atoms with van der Waals surface area (Å²) in [6.45, 7) is 5.46. The molecule has 1 atom stereocenters. The maximum Gasteiger partial charge on any atom is 0.273 e. The molecule has 28 heavy (non-hydrogen) atoms. The van der Waals surface area contributed by atoms with Gasteiger partial charge in [-0.1, -0.05) is 41.1 Å². The van der Waals surface area contributed by atoms with Crippen LogP contribution >= 0.6 is 0 Å². The van der Waals surface area contributed by atoms with E-state index in [4.69, 9.17) is 0 Å². The Morgan fingerprint density at radius 2 is 1.89 bits per heavy atom. The van der Waals surface area contributed by atoms with Gasteiger partial charge in [0, 0.05) is 25.8 Å². The van der Waals surface area contributed by atoms with Crippen molar-refractivity contribution in [2.75, 3.05) is 25.0 Å². The SMILES string of the molecule is Cc1ccc(-n2nnc(C(=O)NCC3Cc4ccccc4N(C)C3)c2C)cc1. The van der Waals surface area contributed by atoms with E-state index >= 15 is 0 Å². The van der Waals surface area contributed by atoms with E-state index in [0.29, 0.717) is 18.2 Å². The van der Waals surface area contributed by atoms with E-state index < -0.39 is 0 Å². The molecule has 2 aromatic carbocycles. The fraction of sp³-hybridized carbons (Fsp3) is 0.318. The number of benzene rings is 2. The molecule has 0 spiro atoms. The molecule has 1 N–H and O–H groups in total. The van der Waals surface area contributed by atoms with Gasteiger partial charge in [-0.05, 0) is 49.9 Å². The molecule has 6 nitrogen and oxygen atoms in total. The van der Waals surface area contributed by atoms with Crippen LogP contribution in [0.2, 0.25) is 0 Å². The molecule has 0 saturated heterocycles. The maximum atomic E-state index is 12.7. The first kappa shape index (κ1) is 18.2. The summed E-state index contributed by atoms with van der Waals surface area (Å²) >= 11 is 0. The molecule has 2 heterocycles. The molecular weight excluding hydrogens is 350 g/mol. The van der Waals surface area contributed by atoms with Crippen molar-refractivity contribution in [2.45, 2.75) is 20.3 Å². The molecule has 6 heteroatoms. The van der Waals surface area contributed by atoms with Crippen molar-refractivity contribution in [2.24, 2.45) is 5.92 Å². The molecule has 1 aliphatic heterocycles. The van der Waals surface area contributed by atoms with Crippen LogP contribution in [0.5, 0.6) is 0 Å². The molecule has 4 rings (SSSR count). The molecular formula is C22H25N5O. The highest BCUT2D eigenvalue weighted by atomic mass is 16.2. The summed E-state index contributed by atoms with van der Waals surface area (Å²) in [4.78, 5) is 15.0. The first-order valence-corrected chi connectivity index (χ1v) is 9.59. The number of aryl methyl sites for hydroxylation is 1. The van der Waals surface area contributed by atoms with Gasteiger partial charge in [-0.15, -0.1) is 5.10 Å². The molecule has 0 radical (unpaired) electrons. The zero-order chi connectivity index (χ0) is 19.7. The molecule has 1 unspecified atom stereocenters. The zero-order valence-electron chi connectivity index (χ0n) is 16.5. The van der Waals surface area contributed by atoms with Crippen LogP contribution in [0.3, 0.4) is 0 Å². The van der Waals surface area contributed by atoms with Gasteiger partial charge in [0.2, 0.25) is 0 Å². The highest BCUT2D eigenvalue weighted by molar-refractivity contribution is 5.93. The van der Waals surface area contributed by atoms with Gasteiger partial charge < -0.3 is 10.2 Å². The minimum Gasteiger partial charge on any atom is -0.374 e. The largest absolute Gasteiger partial charge is 0.374 e. The highest BCUT2D eigenvalue weighted by Crippen LogP contribution is 2.28. The van der Waals surface area contributed by atoms with Gasteiger partial charge in [-0.3, -0.25) is 4.79 Å². The van der Waals surface area contributed by atoms with Crippen LogP contribution in [-0.4, -0.2) is 41.0 Å². The average molecular weight is 375 g/mol. The van der Waals surface area contributed by atoms with Crippen LogP contribution in [-0.2, 0) is 6.42 Å². The Bertz CT molecular complexity index is 992. The number of hydrogen-bond acceptors (Lipinski definition) is 4. The standard InChI is InChI=1S/C22H25N5O/c1-15-8-10-19(11-9-15)27-16(2)21(24-25-27)22(28)23-13-17-12-18-6-4-5-7-20(18)26(3)14-17/h4-11,17H,12-14H2,1-3H3,(H,23,28). The number of anilines is 1. The van der Waals surface area contributed by atoms with Gasteiger partial charge in [0.1, 0.15) is 0 Å². The molecule has 0 saturated carbocycles.